The van der Waals surface area contributed by atoms with E-state index in [2.05, 4.69) is 5.32 Å². The van der Waals surface area contributed by atoms with Gasteiger partial charge in [-0.25, -0.2) is 14.7 Å². The molecule has 2 aromatic carbocycles. The van der Waals surface area contributed by atoms with Crippen molar-refractivity contribution in [1.82, 2.24) is 15.7 Å². The predicted octanol–water partition coefficient (Wildman–Crippen LogP) is 1.89. The van der Waals surface area contributed by atoms with Crippen LogP contribution >= 0.6 is 0 Å². The third-order valence-electron chi connectivity index (χ3n) is 3.92. The second kappa shape index (κ2) is 6.67. The number of rotatable bonds is 4. The lowest BCUT2D eigenvalue weighted by atomic mass is 10.0. The monoisotopic (exact) mass is 329 g/mol. The molecule has 3 amide bonds. The number of hydrogen-bond donors (Lipinski definition) is 3. The molecule has 0 aliphatic carbocycles. The van der Waals surface area contributed by atoms with Crippen LogP contribution in [-0.4, -0.2) is 34.6 Å². The highest BCUT2D eigenvalue weighted by Gasteiger charge is 2.33. The number of nitrogens with zero attached hydrogens (tertiary/aromatic N) is 1. The Bertz CT molecular complexity index is 747. The van der Waals surface area contributed by atoms with Gasteiger partial charge in [-0.15, -0.1) is 0 Å². The van der Waals surface area contributed by atoms with Gasteiger partial charge in [0.2, 0.25) is 0 Å². The van der Waals surface area contributed by atoms with Gasteiger partial charge in [-0.3, -0.25) is 10.0 Å². The number of hydroxylamine groups is 1. The lowest BCUT2D eigenvalue weighted by molar-refractivity contribution is -0.130. The Labute approximate surface area is 137 Å². The van der Waals surface area contributed by atoms with E-state index >= 15 is 0 Å². The maximum Gasteiger partial charge on any atom is 0.318 e. The van der Waals surface area contributed by atoms with Crippen LogP contribution in [-0.2, 0) is 11.3 Å². The van der Waals surface area contributed by atoms with Crippen LogP contribution in [0.25, 0.3) is 11.1 Å². The predicted molar refractivity (Wildman–Crippen MR) is 84.5 cm³/mol. The maximum absolute atomic E-state index is 13.0. The standard InChI is InChI=1S/C17H16FN3O3/c18-14-7-5-13(6-8-14)12-3-1-11(2-4-12)9-21-10-15(16(22)20-24)19-17(21)23/h1-8,15,24H,9-10H2,(H,19,23)(H,20,22)/t15-/m1/s1. The first kappa shape index (κ1) is 15.9. The molecule has 0 aromatic heterocycles. The lowest BCUT2D eigenvalue weighted by Crippen LogP contribution is -2.41. The van der Waals surface area contributed by atoms with Crippen LogP contribution in [0.1, 0.15) is 5.56 Å². The first-order valence-electron chi connectivity index (χ1n) is 7.41. The molecule has 3 rings (SSSR count). The second-order valence-corrected chi connectivity index (χ2v) is 5.56. The van der Waals surface area contributed by atoms with E-state index in [1.807, 2.05) is 24.3 Å². The fraction of sp³-hybridized carbons (Fsp3) is 0.176. The second-order valence-electron chi connectivity index (χ2n) is 5.56. The van der Waals surface area contributed by atoms with E-state index in [-0.39, 0.29) is 18.4 Å². The van der Waals surface area contributed by atoms with E-state index in [1.165, 1.54) is 22.5 Å². The number of benzene rings is 2. The smallest absolute Gasteiger partial charge is 0.318 e. The van der Waals surface area contributed by atoms with Crippen molar-refractivity contribution in [3.63, 3.8) is 0 Å². The number of hydrogen-bond acceptors (Lipinski definition) is 3. The van der Waals surface area contributed by atoms with E-state index in [1.54, 1.807) is 12.1 Å². The van der Waals surface area contributed by atoms with E-state index in [9.17, 15) is 14.0 Å². The highest BCUT2D eigenvalue weighted by Crippen LogP contribution is 2.21. The van der Waals surface area contributed by atoms with Gasteiger partial charge in [0.25, 0.3) is 5.91 Å². The Hall–Kier alpha value is -2.93. The average molecular weight is 329 g/mol. The van der Waals surface area contributed by atoms with Crippen LogP contribution in [0.4, 0.5) is 9.18 Å². The van der Waals surface area contributed by atoms with Crippen LogP contribution in [0, 0.1) is 5.82 Å². The third-order valence-corrected chi connectivity index (χ3v) is 3.92. The Morgan fingerprint density at radius 1 is 1.17 bits per heavy atom. The first-order valence-corrected chi connectivity index (χ1v) is 7.41. The zero-order valence-corrected chi connectivity index (χ0v) is 12.7. The van der Waals surface area contributed by atoms with Crippen LogP contribution in [0.5, 0.6) is 0 Å². The molecule has 3 N–H and O–H groups in total. The van der Waals surface area contributed by atoms with E-state index < -0.39 is 11.9 Å². The largest absolute Gasteiger partial charge is 0.324 e. The summed E-state index contributed by atoms with van der Waals surface area (Å²) in [5.74, 6) is -0.922. The van der Waals surface area contributed by atoms with Crippen molar-refractivity contribution in [1.29, 1.82) is 0 Å². The van der Waals surface area contributed by atoms with E-state index in [4.69, 9.17) is 5.21 Å². The summed E-state index contributed by atoms with van der Waals surface area (Å²) in [4.78, 5) is 24.7. The topological polar surface area (TPSA) is 81.7 Å². The lowest BCUT2D eigenvalue weighted by Gasteiger charge is -2.14. The molecule has 0 spiro atoms. The Kier molecular flexibility index (Phi) is 4.43. The quantitative estimate of drug-likeness (QED) is 0.592. The van der Waals surface area contributed by atoms with Crippen molar-refractivity contribution in [2.24, 2.45) is 0 Å². The van der Waals surface area contributed by atoms with Crippen molar-refractivity contribution in [3.05, 3.63) is 59.9 Å². The van der Waals surface area contributed by atoms with Crippen LogP contribution in [0.3, 0.4) is 0 Å². The van der Waals surface area contributed by atoms with Crippen LogP contribution in [0.15, 0.2) is 48.5 Å². The molecular formula is C17H16FN3O3. The summed E-state index contributed by atoms with van der Waals surface area (Å²) in [6.45, 7) is 0.537. The molecule has 1 saturated heterocycles. The third kappa shape index (κ3) is 3.36. The maximum atomic E-state index is 13.0. The van der Waals surface area contributed by atoms with Gasteiger partial charge in [-0.2, -0.15) is 0 Å². The SMILES string of the molecule is O=C(NO)[C@H]1CN(Cc2ccc(-c3ccc(F)cc3)cc2)C(=O)N1. The van der Waals surface area contributed by atoms with Gasteiger partial charge >= 0.3 is 6.03 Å². The van der Waals surface area contributed by atoms with Gasteiger partial charge in [-0.05, 0) is 28.8 Å². The molecule has 1 aliphatic rings. The average Bonchev–Trinajstić information content (AvgIpc) is 2.96. The summed E-state index contributed by atoms with van der Waals surface area (Å²) >= 11 is 0. The van der Waals surface area contributed by atoms with Crippen LogP contribution < -0.4 is 10.8 Å². The van der Waals surface area contributed by atoms with Crippen molar-refractivity contribution in [2.75, 3.05) is 6.54 Å². The molecule has 0 unspecified atom stereocenters. The minimum atomic E-state index is -0.763. The van der Waals surface area contributed by atoms with Crippen molar-refractivity contribution in [3.8, 4) is 11.1 Å². The van der Waals surface area contributed by atoms with E-state index in [0.717, 1.165) is 16.7 Å². The summed E-state index contributed by atoms with van der Waals surface area (Å²) in [7, 11) is 0. The zero-order chi connectivity index (χ0) is 17.1. The number of halogens is 1. The highest BCUT2D eigenvalue weighted by molar-refractivity contribution is 5.89. The molecule has 0 radical (unpaired) electrons. The van der Waals surface area contributed by atoms with Gasteiger partial charge in [0, 0.05) is 6.54 Å². The molecule has 1 fully saturated rings. The number of nitrogens with one attached hydrogen (secondary N) is 2. The molecule has 0 saturated carbocycles. The first-order chi connectivity index (χ1) is 11.6. The van der Waals surface area contributed by atoms with Crippen molar-refractivity contribution >= 4 is 11.9 Å². The number of urea groups is 1. The Balaban J connectivity index is 1.67. The van der Waals surface area contributed by atoms with Crippen molar-refractivity contribution < 1.29 is 19.2 Å². The summed E-state index contributed by atoms with van der Waals surface area (Å²) in [6, 6.07) is 12.7. The van der Waals surface area contributed by atoms with Gasteiger partial charge in [0.1, 0.15) is 11.9 Å². The Morgan fingerprint density at radius 3 is 2.33 bits per heavy atom. The molecular weight excluding hydrogens is 313 g/mol. The molecule has 2 aromatic rings. The summed E-state index contributed by atoms with van der Waals surface area (Å²) in [5, 5.41) is 11.1. The molecule has 0 bridgehead atoms. The molecule has 1 aliphatic heterocycles. The molecule has 1 heterocycles. The van der Waals surface area contributed by atoms with Crippen LogP contribution in [0.2, 0.25) is 0 Å². The van der Waals surface area contributed by atoms with Gasteiger partial charge in [-0.1, -0.05) is 36.4 Å². The molecule has 6 nitrogen and oxygen atoms in total. The fourth-order valence-corrected chi connectivity index (χ4v) is 2.62. The zero-order valence-electron chi connectivity index (χ0n) is 12.7. The minimum absolute atomic E-state index is 0.185. The van der Waals surface area contributed by atoms with E-state index in [0.29, 0.717) is 6.54 Å². The number of carbonyl (C=O) groups excluding carboxylic acids is 2. The van der Waals surface area contributed by atoms with Gasteiger partial charge in [0.05, 0.1) is 6.54 Å². The fourth-order valence-electron chi connectivity index (χ4n) is 2.62. The molecule has 1 atom stereocenters. The molecule has 7 heteroatoms. The number of carbonyl (C=O) groups is 2. The molecule has 24 heavy (non-hydrogen) atoms. The Morgan fingerprint density at radius 2 is 1.75 bits per heavy atom. The summed E-state index contributed by atoms with van der Waals surface area (Å²) in [6.07, 6.45) is 0. The minimum Gasteiger partial charge on any atom is -0.324 e. The van der Waals surface area contributed by atoms with Gasteiger partial charge < -0.3 is 10.2 Å². The summed E-state index contributed by atoms with van der Waals surface area (Å²) < 4.78 is 13.0. The highest BCUT2D eigenvalue weighted by atomic mass is 19.1. The number of amides is 3. The van der Waals surface area contributed by atoms with Crippen molar-refractivity contribution in [2.45, 2.75) is 12.6 Å². The van der Waals surface area contributed by atoms with Gasteiger partial charge in [0.15, 0.2) is 0 Å². The normalized spacial score (nSPS) is 16.8. The molecule has 124 valence electrons. The summed E-state index contributed by atoms with van der Waals surface area (Å²) in [5.41, 5.74) is 4.29.